The number of ether oxygens (including phenoxy) is 1. The van der Waals surface area contributed by atoms with Crippen LogP contribution in [0, 0.1) is 5.92 Å². The molecule has 0 radical (unpaired) electrons. The highest BCUT2D eigenvalue weighted by Crippen LogP contribution is 2.36. The molecule has 1 amide bonds. The van der Waals surface area contributed by atoms with E-state index < -0.39 is 5.92 Å². The molecule has 106 valence electrons. The van der Waals surface area contributed by atoms with E-state index in [2.05, 4.69) is 5.32 Å². The van der Waals surface area contributed by atoms with Gasteiger partial charge in [0, 0.05) is 32.4 Å². The van der Waals surface area contributed by atoms with Crippen molar-refractivity contribution in [3.05, 3.63) is 0 Å². The summed E-state index contributed by atoms with van der Waals surface area (Å²) in [5.41, 5.74) is 0. The molecule has 6 heteroatoms. The van der Waals surface area contributed by atoms with Crippen LogP contribution in [-0.4, -0.2) is 37.5 Å². The van der Waals surface area contributed by atoms with Gasteiger partial charge in [-0.1, -0.05) is 0 Å². The summed E-state index contributed by atoms with van der Waals surface area (Å²) in [6, 6.07) is 0. The van der Waals surface area contributed by atoms with Gasteiger partial charge in [0.2, 0.25) is 11.8 Å². The Kier molecular flexibility index (Phi) is 6.29. The highest BCUT2D eigenvalue weighted by atomic mass is 35.5. The molecule has 0 saturated heterocycles. The van der Waals surface area contributed by atoms with E-state index in [9.17, 15) is 13.6 Å². The second-order valence-corrected chi connectivity index (χ2v) is 5.38. The van der Waals surface area contributed by atoms with Crippen molar-refractivity contribution in [1.29, 1.82) is 0 Å². The van der Waals surface area contributed by atoms with Crippen molar-refractivity contribution in [2.75, 3.05) is 20.3 Å². The largest absolute Gasteiger partial charge is 0.383 e. The molecule has 1 rings (SSSR count). The van der Waals surface area contributed by atoms with Gasteiger partial charge in [-0.3, -0.25) is 4.79 Å². The highest BCUT2D eigenvalue weighted by molar-refractivity contribution is 6.20. The van der Waals surface area contributed by atoms with Crippen molar-refractivity contribution in [1.82, 2.24) is 5.32 Å². The van der Waals surface area contributed by atoms with Crippen molar-refractivity contribution < 1.29 is 18.3 Å². The topological polar surface area (TPSA) is 38.3 Å². The van der Waals surface area contributed by atoms with Gasteiger partial charge >= 0.3 is 0 Å². The molecule has 0 aromatic heterocycles. The summed E-state index contributed by atoms with van der Waals surface area (Å²) in [6.45, 7) is 0.899. The van der Waals surface area contributed by atoms with Crippen molar-refractivity contribution in [2.45, 2.75) is 43.4 Å². The maximum Gasteiger partial charge on any atom is 0.248 e. The van der Waals surface area contributed by atoms with E-state index in [0.29, 0.717) is 19.6 Å². The predicted octanol–water partition coefficient (Wildman–Crippen LogP) is 2.57. The van der Waals surface area contributed by atoms with E-state index in [0.717, 1.165) is 0 Å². The average molecular weight is 284 g/mol. The van der Waals surface area contributed by atoms with E-state index in [4.69, 9.17) is 16.3 Å². The number of carbonyl (C=O) groups excluding carboxylic acids is 1. The lowest BCUT2D eigenvalue weighted by molar-refractivity contribution is -0.129. The van der Waals surface area contributed by atoms with E-state index in [1.807, 2.05) is 0 Å². The van der Waals surface area contributed by atoms with Crippen LogP contribution >= 0.6 is 11.6 Å². The Hall–Kier alpha value is -0.420. The summed E-state index contributed by atoms with van der Waals surface area (Å²) in [4.78, 5) is 11.7. The fraction of sp³-hybridized carbons (Fsp3) is 0.917. The van der Waals surface area contributed by atoms with Crippen molar-refractivity contribution in [2.24, 2.45) is 5.92 Å². The van der Waals surface area contributed by atoms with E-state index in [-0.39, 0.29) is 42.9 Å². The summed E-state index contributed by atoms with van der Waals surface area (Å²) in [5, 5.41) is 2.61. The molecule has 1 fully saturated rings. The van der Waals surface area contributed by atoms with E-state index >= 15 is 0 Å². The molecule has 1 aliphatic rings. The SMILES string of the molecule is COCC(Cl)CCNC(=O)C1CCC(F)(F)CC1. The molecule has 1 atom stereocenters. The summed E-state index contributed by atoms with van der Waals surface area (Å²) in [5.74, 6) is -3.00. The van der Waals surface area contributed by atoms with Crippen LogP contribution in [0.1, 0.15) is 32.1 Å². The Morgan fingerprint density at radius 3 is 2.67 bits per heavy atom. The van der Waals surface area contributed by atoms with Crippen LogP contribution in [0.15, 0.2) is 0 Å². The lowest BCUT2D eigenvalue weighted by atomic mass is 9.86. The first-order valence-corrected chi connectivity index (χ1v) is 6.67. The molecule has 0 spiro atoms. The molecule has 0 aromatic carbocycles. The third-order valence-electron chi connectivity index (χ3n) is 3.19. The number of amides is 1. The third kappa shape index (κ3) is 5.48. The van der Waals surface area contributed by atoms with Gasteiger partial charge in [-0.25, -0.2) is 8.78 Å². The fourth-order valence-corrected chi connectivity index (χ4v) is 2.30. The standard InChI is InChI=1S/C12H20ClF2NO2/c1-18-8-10(13)4-7-16-11(17)9-2-5-12(14,15)6-3-9/h9-10H,2-8H2,1H3,(H,16,17). The zero-order valence-electron chi connectivity index (χ0n) is 10.6. The maximum absolute atomic E-state index is 12.9. The third-order valence-corrected chi connectivity index (χ3v) is 3.54. The molecule has 1 N–H and O–H groups in total. The lowest BCUT2D eigenvalue weighted by Crippen LogP contribution is -2.37. The predicted molar refractivity (Wildman–Crippen MR) is 66.0 cm³/mol. The maximum atomic E-state index is 12.9. The first kappa shape index (κ1) is 15.6. The number of hydrogen-bond donors (Lipinski definition) is 1. The summed E-state index contributed by atoms with van der Waals surface area (Å²) in [6.07, 6.45) is 0.770. The van der Waals surface area contributed by atoms with Gasteiger partial charge in [0.15, 0.2) is 0 Å². The van der Waals surface area contributed by atoms with Gasteiger partial charge in [0.1, 0.15) is 0 Å². The van der Waals surface area contributed by atoms with E-state index in [1.165, 1.54) is 0 Å². The number of alkyl halides is 3. The van der Waals surface area contributed by atoms with Crippen molar-refractivity contribution in [3.8, 4) is 0 Å². The van der Waals surface area contributed by atoms with Crippen LogP contribution in [0.2, 0.25) is 0 Å². The molecular weight excluding hydrogens is 264 g/mol. The van der Waals surface area contributed by atoms with Crippen LogP contribution in [0.3, 0.4) is 0 Å². The molecule has 0 bridgehead atoms. The normalized spacial score (nSPS) is 21.6. The van der Waals surface area contributed by atoms with Gasteiger partial charge in [-0.05, 0) is 19.3 Å². The van der Waals surface area contributed by atoms with Crippen LogP contribution in [0.5, 0.6) is 0 Å². The first-order valence-electron chi connectivity index (χ1n) is 6.23. The number of carbonyl (C=O) groups is 1. The molecule has 1 saturated carbocycles. The Morgan fingerprint density at radius 1 is 1.50 bits per heavy atom. The van der Waals surface area contributed by atoms with Crippen molar-refractivity contribution in [3.63, 3.8) is 0 Å². The Balaban J connectivity index is 2.18. The molecule has 0 aromatic rings. The first-order chi connectivity index (χ1) is 8.44. The highest BCUT2D eigenvalue weighted by Gasteiger charge is 2.37. The average Bonchev–Trinajstić information content (AvgIpc) is 2.29. The van der Waals surface area contributed by atoms with E-state index in [1.54, 1.807) is 7.11 Å². The van der Waals surface area contributed by atoms with Gasteiger partial charge in [0.25, 0.3) is 0 Å². The minimum atomic E-state index is -2.59. The number of rotatable bonds is 6. The molecule has 1 aliphatic carbocycles. The molecule has 0 heterocycles. The summed E-state index contributed by atoms with van der Waals surface area (Å²) < 4.78 is 30.7. The minimum absolute atomic E-state index is 0.133. The zero-order valence-corrected chi connectivity index (χ0v) is 11.3. The molecule has 18 heavy (non-hydrogen) atoms. The number of halogens is 3. The van der Waals surface area contributed by atoms with Gasteiger partial charge in [-0.2, -0.15) is 0 Å². The van der Waals surface area contributed by atoms with Crippen LogP contribution in [-0.2, 0) is 9.53 Å². The number of hydrogen-bond acceptors (Lipinski definition) is 2. The van der Waals surface area contributed by atoms with Crippen molar-refractivity contribution >= 4 is 17.5 Å². The Morgan fingerprint density at radius 2 is 2.11 bits per heavy atom. The number of methoxy groups -OCH3 is 1. The molecular formula is C12H20ClF2NO2. The van der Waals surface area contributed by atoms with Gasteiger partial charge < -0.3 is 10.1 Å². The summed E-state index contributed by atoms with van der Waals surface area (Å²) in [7, 11) is 1.57. The minimum Gasteiger partial charge on any atom is -0.383 e. The van der Waals surface area contributed by atoms with Crippen LogP contribution in [0.4, 0.5) is 8.78 Å². The zero-order chi connectivity index (χ0) is 13.6. The molecule has 0 aliphatic heterocycles. The monoisotopic (exact) mass is 283 g/mol. The van der Waals surface area contributed by atoms with Crippen LogP contribution < -0.4 is 5.32 Å². The summed E-state index contributed by atoms with van der Waals surface area (Å²) >= 11 is 5.91. The van der Waals surface area contributed by atoms with Gasteiger partial charge in [0.05, 0.1) is 12.0 Å². The molecule has 3 nitrogen and oxygen atoms in total. The second-order valence-electron chi connectivity index (χ2n) is 4.76. The number of nitrogens with one attached hydrogen (secondary N) is 1. The molecule has 1 unspecified atom stereocenters. The fourth-order valence-electron chi connectivity index (χ4n) is 2.06. The second kappa shape index (κ2) is 7.24. The lowest BCUT2D eigenvalue weighted by Gasteiger charge is -2.27. The Labute approximate surface area is 111 Å². The van der Waals surface area contributed by atoms with Gasteiger partial charge in [-0.15, -0.1) is 11.6 Å². The smallest absolute Gasteiger partial charge is 0.248 e. The van der Waals surface area contributed by atoms with Crippen LogP contribution in [0.25, 0.3) is 0 Å². The Bertz CT molecular complexity index is 267. The quantitative estimate of drug-likeness (QED) is 0.761.